The SMILES string of the molecule is CNC(=O)c1nnc(SCC2=C(C(=O)O)N3C(=O)C(NC(=O)C(NC(=O)c4ccc(-c5ccc(C)cc5)[nH]c4=O)c4ccccc4)[C@@H]3SC2)s1. The average Bonchev–Trinajstić information content (AvgIpc) is 3.60. The number of aryl methyl sites for hydroxylation is 1. The van der Waals surface area contributed by atoms with Gasteiger partial charge in [-0.15, -0.1) is 22.0 Å². The van der Waals surface area contributed by atoms with Gasteiger partial charge in [0.1, 0.15) is 28.7 Å². The van der Waals surface area contributed by atoms with Crippen molar-refractivity contribution >= 4 is 64.5 Å². The number of pyridine rings is 1. The molecule has 4 amide bonds. The van der Waals surface area contributed by atoms with Crippen LogP contribution in [-0.4, -0.2) is 84.8 Å². The van der Waals surface area contributed by atoms with Crippen LogP contribution in [0.3, 0.4) is 0 Å². The van der Waals surface area contributed by atoms with Crippen LogP contribution in [0.25, 0.3) is 11.3 Å². The van der Waals surface area contributed by atoms with Gasteiger partial charge in [-0.05, 0) is 35.8 Å². The first kappa shape index (κ1) is 34.6. The zero-order valence-corrected chi connectivity index (χ0v) is 28.9. The monoisotopic (exact) mass is 731 g/mol. The Hall–Kier alpha value is -5.26. The van der Waals surface area contributed by atoms with Crippen LogP contribution in [-0.2, 0) is 14.4 Å². The van der Waals surface area contributed by atoms with Gasteiger partial charge in [0.05, 0.1) is 0 Å². The van der Waals surface area contributed by atoms with Crippen molar-refractivity contribution in [3.8, 4) is 11.3 Å². The lowest BCUT2D eigenvalue weighted by Gasteiger charge is -2.49. The zero-order valence-electron chi connectivity index (χ0n) is 26.5. The van der Waals surface area contributed by atoms with Crippen LogP contribution in [0.2, 0.25) is 0 Å². The lowest BCUT2D eigenvalue weighted by molar-refractivity contribution is -0.151. The maximum atomic E-state index is 13.7. The van der Waals surface area contributed by atoms with Crippen molar-refractivity contribution in [1.29, 1.82) is 0 Å². The van der Waals surface area contributed by atoms with Gasteiger partial charge in [-0.3, -0.25) is 28.9 Å². The van der Waals surface area contributed by atoms with Gasteiger partial charge < -0.3 is 26.0 Å². The number of hydrogen-bond donors (Lipinski definition) is 5. The molecule has 0 spiro atoms. The number of benzene rings is 2. The molecule has 2 aromatic heterocycles. The first-order chi connectivity index (χ1) is 24.0. The van der Waals surface area contributed by atoms with Crippen molar-refractivity contribution in [2.24, 2.45) is 0 Å². The van der Waals surface area contributed by atoms with E-state index in [0.29, 0.717) is 21.2 Å². The van der Waals surface area contributed by atoms with Gasteiger partial charge in [-0.1, -0.05) is 83.3 Å². The molecule has 5 N–H and O–H groups in total. The Labute approximate surface area is 297 Å². The molecule has 1 saturated heterocycles. The fourth-order valence-electron chi connectivity index (χ4n) is 5.36. The van der Waals surface area contributed by atoms with Gasteiger partial charge in [0.15, 0.2) is 4.34 Å². The number of aromatic amines is 1. The highest BCUT2D eigenvalue weighted by molar-refractivity contribution is 8.01. The summed E-state index contributed by atoms with van der Waals surface area (Å²) >= 11 is 3.56. The molecule has 4 heterocycles. The van der Waals surface area contributed by atoms with Crippen molar-refractivity contribution in [3.05, 3.63) is 110 Å². The highest BCUT2D eigenvalue weighted by Gasteiger charge is 2.54. The third-order valence-corrected chi connectivity index (χ3v) is 11.4. The summed E-state index contributed by atoms with van der Waals surface area (Å²) in [5.41, 5.74) is 2.21. The van der Waals surface area contributed by atoms with Crippen molar-refractivity contribution in [2.75, 3.05) is 18.6 Å². The summed E-state index contributed by atoms with van der Waals surface area (Å²) in [6, 6.07) is 16.5. The minimum Gasteiger partial charge on any atom is -0.477 e. The molecule has 0 saturated carbocycles. The molecule has 2 aromatic carbocycles. The number of aromatic nitrogens is 3. The largest absolute Gasteiger partial charge is 0.477 e. The van der Waals surface area contributed by atoms with Crippen LogP contribution < -0.4 is 21.5 Å². The Morgan fingerprint density at radius 1 is 1.02 bits per heavy atom. The molecule has 0 bridgehead atoms. The van der Waals surface area contributed by atoms with Gasteiger partial charge in [-0.25, -0.2) is 4.79 Å². The van der Waals surface area contributed by atoms with Crippen LogP contribution in [0.15, 0.2) is 87.1 Å². The third-order valence-electron chi connectivity index (χ3n) is 7.93. The fourth-order valence-corrected chi connectivity index (χ4v) is 8.64. The lowest BCUT2D eigenvalue weighted by Crippen LogP contribution is -2.71. The van der Waals surface area contributed by atoms with E-state index in [1.165, 1.54) is 36.6 Å². The molecule has 50 heavy (non-hydrogen) atoms. The van der Waals surface area contributed by atoms with Crippen LogP contribution in [0.4, 0.5) is 0 Å². The molecule has 2 aliphatic rings. The number of rotatable bonds is 11. The second kappa shape index (κ2) is 14.7. The molecule has 2 aliphatic heterocycles. The number of fused-ring (bicyclic) bond motifs is 1. The number of nitrogens with one attached hydrogen (secondary N) is 4. The molecule has 14 nitrogen and oxygen atoms in total. The standard InChI is InChI=1S/C33H29N7O7S3/c1-16-8-10-17(11-9-16)21-13-12-20(25(41)35-21)26(42)36-22(18-6-4-3-5-7-18)27(43)37-23-30(45)40-24(32(46)47)19(14-48-31(23)40)15-49-33-39-38-29(50-33)28(44)34-2/h3-13,22-23,31H,14-15H2,1-2H3,(H,34,44)(H,35,41)(H,36,42)(H,37,43)(H,46,47)/t22?,23?,31-/m0/s1. The summed E-state index contributed by atoms with van der Waals surface area (Å²) in [7, 11) is 1.47. The van der Waals surface area contributed by atoms with E-state index in [0.717, 1.165) is 27.4 Å². The summed E-state index contributed by atoms with van der Waals surface area (Å²) in [5.74, 6) is -3.34. The Balaban J connectivity index is 1.16. The minimum atomic E-state index is -1.29. The summed E-state index contributed by atoms with van der Waals surface area (Å²) in [4.78, 5) is 81.5. The number of amides is 4. The fraction of sp³-hybridized carbons (Fsp3) is 0.212. The van der Waals surface area contributed by atoms with Gasteiger partial charge in [0, 0.05) is 24.2 Å². The van der Waals surface area contributed by atoms with Crippen molar-refractivity contribution in [2.45, 2.75) is 28.7 Å². The number of hydrogen-bond acceptors (Lipinski definition) is 11. The second-order valence-corrected chi connectivity index (χ2v) is 14.5. The van der Waals surface area contributed by atoms with E-state index in [2.05, 4.69) is 31.1 Å². The van der Waals surface area contributed by atoms with Crippen molar-refractivity contribution in [1.82, 2.24) is 36.0 Å². The summed E-state index contributed by atoms with van der Waals surface area (Å²) in [6.07, 6.45) is 0. The molecule has 3 atom stereocenters. The van der Waals surface area contributed by atoms with E-state index in [1.807, 2.05) is 31.2 Å². The lowest BCUT2D eigenvalue weighted by atomic mass is 10.0. The van der Waals surface area contributed by atoms with Crippen LogP contribution >= 0.6 is 34.9 Å². The number of carbonyl (C=O) groups is 5. The Morgan fingerprint density at radius 2 is 1.76 bits per heavy atom. The number of thioether (sulfide) groups is 2. The maximum absolute atomic E-state index is 13.7. The van der Waals surface area contributed by atoms with E-state index < -0.39 is 46.7 Å². The molecular weight excluding hydrogens is 703 g/mol. The van der Waals surface area contributed by atoms with E-state index >= 15 is 0 Å². The quantitative estimate of drug-likeness (QED) is 0.112. The van der Waals surface area contributed by atoms with E-state index in [-0.39, 0.29) is 33.7 Å². The first-order valence-electron chi connectivity index (χ1n) is 15.1. The Bertz CT molecular complexity index is 2080. The number of carboxylic acids is 1. The maximum Gasteiger partial charge on any atom is 0.352 e. The topological polar surface area (TPSA) is 204 Å². The van der Waals surface area contributed by atoms with Crippen LogP contribution in [0.5, 0.6) is 0 Å². The third kappa shape index (κ3) is 7.05. The van der Waals surface area contributed by atoms with Crippen LogP contribution in [0.1, 0.15) is 37.3 Å². The molecular formula is C33H29N7O7S3. The number of nitrogens with zero attached hydrogens (tertiary/aromatic N) is 3. The smallest absolute Gasteiger partial charge is 0.352 e. The van der Waals surface area contributed by atoms with Crippen LogP contribution in [0, 0.1) is 6.92 Å². The highest BCUT2D eigenvalue weighted by Crippen LogP contribution is 2.42. The number of β-lactam (4-membered cyclic amide) rings is 1. The second-order valence-electron chi connectivity index (χ2n) is 11.2. The molecule has 256 valence electrons. The molecule has 2 unspecified atom stereocenters. The van der Waals surface area contributed by atoms with Gasteiger partial charge in [-0.2, -0.15) is 0 Å². The number of aliphatic carboxylic acids is 1. The summed E-state index contributed by atoms with van der Waals surface area (Å²) in [5, 5.41) is 25.1. The Morgan fingerprint density at radius 3 is 2.44 bits per heavy atom. The summed E-state index contributed by atoms with van der Waals surface area (Å²) < 4.78 is 0.464. The number of carboxylic acid groups (broad SMARTS) is 1. The van der Waals surface area contributed by atoms with E-state index in [1.54, 1.807) is 36.4 Å². The van der Waals surface area contributed by atoms with Gasteiger partial charge >= 0.3 is 5.97 Å². The average molecular weight is 732 g/mol. The molecule has 17 heteroatoms. The van der Waals surface area contributed by atoms with Crippen molar-refractivity contribution in [3.63, 3.8) is 0 Å². The molecule has 6 rings (SSSR count). The summed E-state index contributed by atoms with van der Waals surface area (Å²) in [6.45, 7) is 1.95. The predicted octanol–water partition coefficient (Wildman–Crippen LogP) is 2.56. The van der Waals surface area contributed by atoms with Gasteiger partial charge in [0.2, 0.25) is 10.9 Å². The normalized spacial score (nSPS) is 17.3. The molecule has 4 aromatic rings. The molecule has 0 aliphatic carbocycles. The first-order valence-corrected chi connectivity index (χ1v) is 18.0. The number of H-pyrrole nitrogens is 1. The predicted molar refractivity (Wildman–Crippen MR) is 188 cm³/mol. The highest BCUT2D eigenvalue weighted by atomic mass is 32.2. The Kier molecular flexibility index (Phi) is 10.2. The molecule has 0 radical (unpaired) electrons. The van der Waals surface area contributed by atoms with E-state index in [9.17, 15) is 33.9 Å². The zero-order chi connectivity index (χ0) is 35.5. The van der Waals surface area contributed by atoms with E-state index in [4.69, 9.17) is 0 Å². The minimum absolute atomic E-state index is 0.171. The molecule has 1 fully saturated rings. The number of carbonyl (C=O) groups excluding carboxylic acids is 4. The van der Waals surface area contributed by atoms with Gasteiger partial charge in [0.25, 0.3) is 23.3 Å². The van der Waals surface area contributed by atoms with Crippen molar-refractivity contribution < 1.29 is 29.1 Å².